The van der Waals surface area contributed by atoms with E-state index in [9.17, 15) is 4.79 Å². The van der Waals surface area contributed by atoms with Crippen LogP contribution in [0.1, 0.15) is 32.8 Å². The lowest BCUT2D eigenvalue weighted by molar-refractivity contribution is -0.116. The van der Waals surface area contributed by atoms with E-state index in [-0.39, 0.29) is 11.7 Å². The number of hydrogen-bond acceptors (Lipinski definition) is 2. The van der Waals surface area contributed by atoms with E-state index < -0.39 is 0 Å². The van der Waals surface area contributed by atoms with Crippen LogP contribution in [0.3, 0.4) is 0 Å². The van der Waals surface area contributed by atoms with Crippen molar-refractivity contribution in [3.8, 4) is 0 Å². The van der Waals surface area contributed by atoms with E-state index in [4.69, 9.17) is 4.74 Å². The van der Waals surface area contributed by atoms with Gasteiger partial charge in [-0.3, -0.25) is 4.79 Å². The number of carbonyl (C=O) groups is 1. The van der Waals surface area contributed by atoms with E-state index in [1.807, 2.05) is 31.2 Å². The van der Waals surface area contributed by atoms with Crippen LogP contribution in [0, 0.1) is 5.92 Å². The summed E-state index contributed by atoms with van der Waals surface area (Å²) >= 11 is 0. The molecule has 0 saturated heterocycles. The molecule has 1 aliphatic carbocycles. The molecule has 0 heterocycles. The van der Waals surface area contributed by atoms with Gasteiger partial charge in [0.15, 0.2) is 5.78 Å². The highest BCUT2D eigenvalue weighted by Gasteiger charge is 2.24. The largest absolute Gasteiger partial charge is 0.497 e. The number of ether oxygens (including phenoxy) is 1. The second kappa shape index (κ2) is 5.87. The maximum atomic E-state index is 12.1. The van der Waals surface area contributed by atoms with Gasteiger partial charge in [-0.25, -0.2) is 0 Å². The third-order valence-corrected chi connectivity index (χ3v) is 3.27. The van der Waals surface area contributed by atoms with Crippen LogP contribution in [-0.4, -0.2) is 12.4 Å². The minimum atomic E-state index is 0.179. The van der Waals surface area contributed by atoms with Gasteiger partial charge in [0, 0.05) is 5.57 Å². The van der Waals surface area contributed by atoms with Crippen LogP contribution in [0.15, 0.2) is 47.7 Å². The third-order valence-electron chi connectivity index (χ3n) is 3.27. The van der Waals surface area contributed by atoms with E-state index in [2.05, 4.69) is 26.0 Å². The summed E-state index contributed by atoms with van der Waals surface area (Å²) in [6.45, 7) is 6.64. The van der Waals surface area contributed by atoms with E-state index in [1.165, 1.54) is 0 Å². The molecule has 100 valence electrons. The fourth-order valence-electron chi connectivity index (χ4n) is 2.31. The van der Waals surface area contributed by atoms with E-state index in [0.717, 1.165) is 22.5 Å². The molecule has 0 radical (unpaired) electrons. The fourth-order valence-corrected chi connectivity index (χ4v) is 2.31. The molecule has 2 rings (SSSR count). The molecule has 0 amide bonds. The SMILES string of the molecule is CCOC1=C(c2ccccc2)C=C(C(C)C)C(=O)C1. The molecular formula is C17H20O2. The van der Waals surface area contributed by atoms with Crippen molar-refractivity contribution in [2.24, 2.45) is 5.92 Å². The summed E-state index contributed by atoms with van der Waals surface area (Å²) in [4.78, 5) is 12.1. The molecule has 1 aromatic rings. The third kappa shape index (κ3) is 2.95. The Hall–Kier alpha value is -1.83. The van der Waals surface area contributed by atoms with Crippen molar-refractivity contribution in [1.29, 1.82) is 0 Å². The fraction of sp³-hybridized carbons (Fsp3) is 0.353. The summed E-state index contributed by atoms with van der Waals surface area (Å²) in [5, 5.41) is 0. The Morgan fingerprint density at radius 3 is 2.47 bits per heavy atom. The highest BCUT2D eigenvalue weighted by atomic mass is 16.5. The molecule has 0 spiro atoms. The molecule has 0 atom stereocenters. The molecule has 0 bridgehead atoms. The van der Waals surface area contributed by atoms with Crippen molar-refractivity contribution >= 4 is 11.4 Å². The number of benzene rings is 1. The second-order valence-corrected chi connectivity index (χ2v) is 4.99. The zero-order valence-corrected chi connectivity index (χ0v) is 11.8. The molecule has 0 unspecified atom stereocenters. The van der Waals surface area contributed by atoms with Crippen molar-refractivity contribution in [1.82, 2.24) is 0 Å². The number of ketones is 1. The first-order chi connectivity index (χ1) is 9.13. The molecule has 0 aromatic heterocycles. The predicted molar refractivity (Wildman–Crippen MR) is 77.5 cm³/mol. The summed E-state index contributed by atoms with van der Waals surface area (Å²) in [6.07, 6.45) is 2.37. The zero-order chi connectivity index (χ0) is 13.8. The van der Waals surface area contributed by atoms with E-state index in [0.29, 0.717) is 13.0 Å². The minimum Gasteiger partial charge on any atom is -0.497 e. The lowest BCUT2D eigenvalue weighted by Gasteiger charge is -2.21. The van der Waals surface area contributed by atoms with Gasteiger partial charge in [0.25, 0.3) is 0 Å². The number of carbonyl (C=O) groups excluding carboxylic acids is 1. The number of rotatable bonds is 4. The molecule has 2 heteroatoms. The van der Waals surface area contributed by atoms with Gasteiger partial charge in [0.1, 0.15) is 5.76 Å². The summed E-state index contributed by atoms with van der Waals surface area (Å²) < 4.78 is 5.66. The monoisotopic (exact) mass is 256 g/mol. The van der Waals surface area contributed by atoms with Gasteiger partial charge < -0.3 is 4.74 Å². The molecule has 2 nitrogen and oxygen atoms in total. The highest BCUT2D eigenvalue weighted by molar-refractivity contribution is 6.03. The van der Waals surface area contributed by atoms with Crippen LogP contribution < -0.4 is 0 Å². The van der Waals surface area contributed by atoms with E-state index >= 15 is 0 Å². The van der Waals surface area contributed by atoms with Crippen LogP contribution in [0.25, 0.3) is 5.57 Å². The first-order valence-electron chi connectivity index (χ1n) is 6.79. The Kier molecular flexibility index (Phi) is 4.20. The van der Waals surface area contributed by atoms with Crippen molar-refractivity contribution in [2.45, 2.75) is 27.2 Å². The lowest BCUT2D eigenvalue weighted by Crippen LogP contribution is -2.16. The Morgan fingerprint density at radius 1 is 1.21 bits per heavy atom. The zero-order valence-electron chi connectivity index (χ0n) is 11.8. The topological polar surface area (TPSA) is 26.3 Å². The van der Waals surface area contributed by atoms with Crippen molar-refractivity contribution in [2.75, 3.05) is 6.61 Å². The Morgan fingerprint density at radius 2 is 1.89 bits per heavy atom. The van der Waals surface area contributed by atoms with Crippen molar-refractivity contribution < 1.29 is 9.53 Å². The first-order valence-corrected chi connectivity index (χ1v) is 6.79. The predicted octanol–water partition coefficient (Wildman–Crippen LogP) is 3.99. The van der Waals surface area contributed by atoms with Gasteiger partial charge in [0.2, 0.25) is 0 Å². The van der Waals surface area contributed by atoms with Gasteiger partial charge in [0.05, 0.1) is 13.0 Å². The maximum Gasteiger partial charge on any atom is 0.166 e. The Bertz CT molecular complexity index is 521. The summed E-state index contributed by atoms with van der Waals surface area (Å²) in [7, 11) is 0. The molecule has 19 heavy (non-hydrogen) atoms. The van der Waals surface area contributed by atoms with Crippen LogP contribution in [-0.2, 0) is 9.53 Å². The van der Waals surface area contributed by atoms with Gasteiger partial charge in [-0.15, -0.1) is 0 Å². The number of Topliss-reactive ketones (excluding diaryl/α,β-unsaturated/α-hetero) is 1. The number of allylic oxidation sites excluding steroid dienone is 4. The highest BCUT2D eigenvalue weighted by Crippen LogP contribution is 2.32. The first kappa shape index (κ1) is 13.6. The van der Waals surface area contributed by atoms with Crippen LogP contribution in [0.2, 0.25) is 0 Å². The van der Waals surface area contributed by atoms with Crippen LogP contribution in [0.5, 0.6) is 0 Å². The Balaban J connectivity index is 2.49. The average Bonchev–Trinajstić information content (AvgIpc) is 2.40. The molecular weight excluding hydrogens is 236 g/mol. The summed E-state index contributed by atoms with van der Waals surface area (Å²) in [5.74, 6) is 1.22. The van der Waals surface area contributed by atoms with Gasteiger partial charge >= 0.3 is 0 Å². The quantitative estimate of drug-likeness (QED) is 0.814. The molecule has 0 aliphatic heterocycles. The summed E-state index contributed by atoms with van der Waals surface area (Å²) in [5.41, 5.74) is 3.05. The van der Waals surface area contributed by atoms with Crippen LogP contribution >= 0.6 is 0 Å². The second-order valence-electron chi connectivity index (χ2n) is 4.99. The Labute approximate surface area is 114 Å². The van der Waals surface area contributed by atoms with E-state index in [1.54, 1.807) is 0 Å². The molecule has 1 aliphatic rings. The number of hydrogen-bond donors (Lipinski definition) is 0. The van der Waals surface area contributed by atoms with Gasteiger partial charge in [-0.05, 0) is 30.1 Å². The lowest BCUT2D eigenvalue weighted by atomic mass is 9.87. The smallest absolute Gasteiger partial charge is 0.166 e. The maximum absolute atomic E-state index is 12.1. The molecule has 0 fully saturated rings. The van der Waals surface area contributed by atoms with Crippen LogP contribution in [0.4, 0.5) is 0 Å². The van der Waals surface area contributed by atoms with Crippen molar-refractivity contribution in [3.63, 3.8) is 0 Å². The summed E-state index contributed by atoms with van der Waals surface area (Å²) in [6, 6.07) is 10.1. The van der Waals surface area contributed by atoms with Gasteiger partial charge in [-0.2, -0.15) is 0 Å². The molecule has 0 N–H and O–H groups in total. The standard InChI is InChI=1S/C17H20O2/c1-4-19-17-11-16(18)14(12(2)3)10-15(17)13-8-6-5-7-9-13/h5-10,12H,4,11H2,1-3H3. The molecule has 1 aromatic carbocycles. The molecule has 0 saturated carbocycles. The van der Waals surface area contributed by atoms with Crippen molar-refractivity contribution in [3.05, 3.63) is 53.3 Å². The van der Waals surface area contributed by atoms with Gasteiger partial charge in [-0.1, -0.05) is 44.2 Å². The normalized spacial score (nSPS) is 15.8. The minimum absolute atomic E-state index is 0.179. The average molecular weight is 256 g/mol.